The number of benzene rings is 2. The van der Waals surface area contributed by atoms with Gasteiger partial charge in [-0.1, -0.05) is 40.9 Å². The summed E-state index contributed by atoms with van der Waals surface area (Å²) in [7, 11) is 0. The number of anilines is 2. The number of carbonyl (C=O) groups excluding carboxylic acids is 2. The highest BCUT2D eigenvalue weighted by Crippen LogP contribution is 2.31. The van der Waals surface area contributed by atoms with E-state index >= 15 is 0 Å². The fourth-order valence-corrected chi connectivity index (χ4v) is 3.28. The van der Waals surface area contributed by atoms with E-state index in [1.165, 1.54) is 4.68 Å². The highest BCUT2D eigenvalue weighted by Gasteiger charge is 2.35. The van der Waals surface area contributed by atoms with Crippen LogP contribution in [-0.4, -0.2) is 26.6 Å². The van der Waals surface area contributed by atoms with Crippen molar-refractivity contribution in [2.75, 3.05) is 10.6 Å². The molecule has 2 amide bonds. The number of fused-ring (bicyclic) bond motifs is 1. The zero-order valence-corrected chi connectivity index (χ0v) is 16.4. The highest BCUT2D eigenvalue weighted by atomic mass is 35.5. The van der Waals surface area contributed by atoms with E-state index in [0.717, 1.165) is 5.56 Å². The molecule has 7 nitrogen and oxygen atoms in total. The first-order valence-corrected chi connectivity index (χ1v) is 9.33. The second kappa shape index (κ2) is 7.43. The van der Waals surface area contributed by atoms with Crippen molar-refractivity contribution in [2.24, 2.45) is 0 Å². The predicted molar refractivity (Wildman–Crippen MR) is 108 cm³/mol. The Balaban J connectivity index is 1.53. The first-order chi connectivity index (χ1) is 13.4. The minimum atomic E-state index is -0.818. The van der Waals surface area contributed by atoms with Crippen LogP contribution in [0.3, 0.4) is 0 Å². The van der Waals surface area contributed by atoms with Gasteiger partial charge in [-0.05, 0) is 36.4 Å². The second-order valence-corrected chi connectivity index (χ2v) is 7.29. The molecular formula is C18H12Cl3N5O2. The lowest BCUT2D eigenvalue weighted by molar-refractivity contribution is -0.123. The summed E-state index contributed by atoms with van der Waals surface area (Å²) in [5, 5.41) is 10.8. The average molecular weight is 437 g/mol. The molecule has 1 atom stereocenters. The van der Waals surface area contributed by atoms with Crippen molar-refractivity contribution in [2.45, 2.75) is 12.5 Å². The SMILES string of the molecule is O=C(C[C@H]1C(=O)Nc2nc(-c3ccc(Cl)cc3)nn21)Nc1cccc(Cl)c1Cl. The molecule has 0 saturated carbocycles. The molecule has 0 fully saturated rings. The number of amides is 2. The molecule has 2 N–H and O–H groups in total. The smallest absolute Gasteiger partial charge is 0.252 e. The lowest BCUT2D eigenvalue weighted by Crippen LogP contribution is -2.23. The summed E-state index contributed by atoms with van der Waals surface area (Å²) in [5.74, 6) is -0.0470. The van der Waals surface area contributed by atoms with Crippen LogP contribution in [0.2, 0.25) is 15.1 Å². The Morgan fingerprint density at radius 3 is 2.64 bits per heavy atom. The molecule has 3 aromatic rings. The van der Waals surface area contributed by atoms with E-state index in [9.17, 15) is 9.59 Å². The Morgan fingerprint density at radius 1 is 1.14 bits per heavy atom. The summed E-state index contributed by atoms with van der Waals surface area (Å²) >= 11 is 17.9. The van der Waals surface area contributed by atoms with Gasteiger partial charge in [-0.15, -0.1) is 5.10 Å². The van der Waals surface area contributed by atoms with Crippen molar-refractivity contribution in [3.63, 3.8) is 0 Å². The van der Waals surface area contributed by atoms with Crippen LogP contribution in [0.1, 0.15) is 12.5 Å². The van der Waals surface area contributed by atoms with Crippen molar-refractivity contribution in [3.8, 4) is 11.4 Å². The quantitative estimate of drug-likeness (QED) is 0.633. The van der Waals surface area contributed by atoms with Crippen molar-refractivity contribution >= 4 is 58.3 Å². The lowest BCUT2D eigenvalue weighted by Gasteiger charge is -2.11. The first kappa shape index (κ1) is 18.7. The number of hydrogen-bond donors (Lipinski definition) is 2. The van der Waals surface area contributed by atoms with E-state index < -0.39 is 11.9 Å². The van der Waals surface area contributed by atoms with Gasteiger partial charge in [-0.2, -0.15) is 4.98 Å². The summed E-state index contributed by atoms with van der Waals surface area (Å²) in [5.41, 5.74) is 1.12. The maximum Gasteiger partial charge on any atom is 0.252 e. The van der Waals surface area contributed by atoms with Crippen LogP contribution >= 0.6 is 34.8 Å². The van der Waals surface area contributed by atoms with E-state index in [0.29, 0.717) is 21.6 Å². The van der Waals surface area contributed by atoms with E-state index in [1.807, 2.05) is 0 Å². The molecule has 10 heteroatoms. The van der Waals surface area contributed by atoms with Crippen LogP contribution in [0.25, 0.3) is 11.4 Å². The fourth-order valence-electron chi connectivity index (χ4n) is 2.81. The van der Waals surface area contributed by atoms with E-state index in [1.54, 1.807) is 42.5 Å². The zero-order chi connectivity index (χ0) is 19.8. The van der Waals surface area contributed by atoms with E-state index in [-0.39, 0.29) is 23.3 Å². The van der Waals surface area contributed by atoms with Gasteiger partial charge in [-0.3, -0.25) is 14.9 Å². The van der Waals surface area contributed by atoms with Crippen LogP contribution in [0.5, 0.6) is 0 Å². The van der Waals surface area contributed by atoms with Gasteiger partial charge in [0.25, 0.3) is 5.91 Å². The average Bonchev–Trinajstić information content (AvgIpc) is 3.18. The highest BCUT2D eigenvalue weighted by molar-refractivity contribution is 6.44. The molecule has 142 valence electrons. The second-order valence-electron chi connectivity index (χ2n) is 6.07. The first-order valence-electron chi connectivity index (χ1n) is 8.19. The summed E-state index contributed by atoms with van der Waals surface area (Å²) in [4.78, 5) is 29.0. The molecule has 0 aliphatic carbocycles. The van der Waals surface area contributed by atoms with Gasteiger partial charge < -0.3 is 5.32 Å². The maximum atomic E-state index is 12.4. The number of hydrogen-bond acceptors (Lipinski definition) is 4. The molecule has 1 aliphatic rings. The molecule has 2 heterocycles. The summed E-state index contributed by atoms with van der Waals surface area (Å²) in [6.45, 7) is 0. The summed E-state index contributed by atoms with van der Waals surface area (Å²) in [6, 6.07) is 11.1. The van der Waals surface area contributed by atoms with Crippen LogP contribution in [0.15, 0.2) is 42.5 Å². The van der Waals surface area contributed by atoms with Gasteiger partial charge in [0, 0.05) is 10.6 Å². The molecule has 0 radical (unpaired) electrons. The van der Waals surface area contributed by atoms with Gasteiger partial charge in [-0.25, -0.2) is 4.68 Å². The minimum absolute atomic E-state index is 0.134. The number of halogens is 3. The molecule has 0 saturated heterocycles. The van der Waals surface area contributed by atoms with Gasteiger partial charge in [0.15, 0.2) is 5.82 Å². The molecule has 0 spiro atoms. The topological polar surface area (TPSA) is 88.9 Å². The predicted octanol–water partition coefficient (Wildman–Crippen LogP) is 4.43. The Hall–Kier alpha value is -2.61. The number of aromatic nitrogens is 3. The monoisotopic (exact) mass is 435 g/mol. The van der Waals surface area contributed by atoms with Crippen molar-refractivity contribution in [1.29, 1.82) is 0 Å². The molecular weight excluding hydrogens is 425 g/mol. The molecule has 0 unspecified atom stereocenters. The third-order valence-electron chi connectivity index (χ3n) is 4.17. The van der Waals surface area contributed by atoms with Crippen LogP contribution in [-0.2, 0) is 9.59 Å². The maximum absolute atomic E-state index is 12.4. The van der Waals surface area contributed by atoms with Gasteiger partial charge >= 0.3 is 0 Å². The van der Waals surface area contributed by atoms with Crippen LogP contribution in [0, 0.1) is 0 Å². The Labute approximate surface area is 174 Å². The number of nitrogens with zero attached hydrogens (tertiary/aromatic N) is 3. The third-order valence-corrected chi connectivity index (χ3v) is 5.24. The van der Waals surface area contributed by atoms with Crippen LogP contribution in [0.4, 0.5) is 11.6 Å². The minimum Gasteiger partial charge on any atom is -0.325 e. The molecule has 2 aromatic carbocycles. The number of nitrogens with one attached hydrogen (secondary N) is 2. The summed E-state index contributed by atoms with van der Waals surface area (Å²) < 4.78 is 1.41. The third kappa shape index (κ3) is 3.56. The summed E-state index contributed by atoms with van der Waals surface area (Å²) in [6.07, 6.45) is -0.134. The number of rotatable bonds is 4. The van der Waals surface area contributed by atoms with Gasteiger partial charge in [0.1, 0.15) is 6.04 Å². The van der Waals surface area contributed by atoms with E-state index in [4.69, 9.17) is 34.8 Å². The normalized spacial score (nSPS) is 15.2. The van der Waals surface area contributed by atoms with Crippen molar-refractivity contribution in [1.82, 2.24) is 14.8 Å². The molecule has 28 heavy (non-hydrogen) atoms. The fraction of sp³-hybridized carbons (Fsp3) is 0.111. The van der Waals surface area contributed by atoms with Crippen molar-refractivity contribution < 1.29 is 9.59 Å². The number of carbonyl (C=O) groups is 2. The Bertz CT molecular complexity index is 1080. The van der Waals surface area contributed by atoms with Gasteiger partial charge in [0.2, 0.25) is 11.9 Å². The molecule has 1 aromatic heterocycles. The standard InChI is InChI=1S/C18H12Cl3N5O2/c19-10-6-4-9(5-7-10)16-23-18-24-17(28)13(26(18)25-16)8-14(27)22-12-3-1-2-11(20)15(12)21/h1-7,13H,8H2,(H,22,27)(H,23,24,25,28)/t13-/m0/s1. The van der Waals surface area contributed by atoms with Crippen LogP contribution < -0.4 is 10.6 Å². The van der Waals surface area contributed by atoms with Crippen molar-refractivity contribution in [3.05, 3.63) is 57.5 Å². The lowest BCUT2D eigenvalue weighted by atomic mass is 10.2. The zero-order valence-electron chi connectivity index (χ0n) is 14.1. The Kier molecular flexibility index (Phi) is 4.97. The molecule has 1 aliphatic heterocycles. The molecule has 4 rings (SSSR count). The van der Waals surface area contributed by atoms with Gasteiger partial charge in [0.05, 0.1) is 22.2 Å². The Morgan fingerprint density at radius 2 is 1.89 bits per heavy atom. The largest absolute Gasteiger partial charge is 0.325 e. The van der Waals surface area contributed by atoms with E-state index in [2.05, 4.69) is 20.7 Å². The molecule has 0 bridgehead atoms.